The van der Waals surface area contributed by atoms with Crippen molar-refractivity contribution in [2.45, 2.75) is 51.1 Å². The molecule has 2 unspecified atom stereocenters. The van der Waals surface area contributed by atoms with Crippen LogP contribution in [0.25, 0.3) is 0 Å². The summed E-state index contributed by atoms with van der Waals surface area (Å²) in [5.41, 5.74) is 6.61. The standard InChI is InChI=1S/C29H37O2P/c1-5-17-29(6-2,32-4)27-21-25(18-23-13-9-7-10-14-23)20-26(28(27)31-22-30-3)19-24-15-11-8-12-16-24/h7-16,20-21,32H,5-6,17-19,22H2,1-4H3. The van der Waals surface area contributed by atoms with E-state index < -0.39 is 0 Å². The number of rotatable bonds is 12. The maximum absolute atomic E-state index is 6.33. The molecule has 0 aliphatic rings. The molecule has 3 aromatic rings. The predicted octanol–water partition coefficient (Wildman–Crippen LogP) is 7.56. The number of benzene rings is 3. The quantitative estimate of drug-likeness (QED) is 0.210. The van der Waals surface area contributed by atoms with Gasteiger partial charge in [0.15, 0.2) is 6.79 Å². The summed E-state index contributed by atoms with van der Waals surface area (Å²) in [5, 5.41) is 0.135. The van der Waals surface area contributed by atoms with E-state index in [1.807, 2.05) is 0 Å². The van der Waals surface area contributed by atoms with E-state index in [2.05, 4.69) is 93.3 Å². The van der Waals surface area contributed by atoms with Gasteiger partial charge in [-0.05, 0) is 48.2 Å². The molecule has 0 saturated heterocycles. The van der Waals surface area contributed by atoms with Crippen LogP contribution in [0.3, 0.4) is 0 Å². The maximum Gasteiger partial charge on any atom is 0.188 e. The van der Waals surface area contributed by atoms with Crippen LogP contribution in [0.1, 0.15) is 60.9 Å². The maximum atomic E-state index is 6.33. The summed E-state index contributed by atoms with van der Waals surface area (Å²) in [7, 11) is 2.51. The van der Waals surface area contributed by atoms with Crippen molar-refractivity contribution in [2.75, 3.05) is 20.6 Å². The Morgan fingerprint density at radius 3 is 1.97 bits per heavy atom. The molecular formula is C29H37O2P. The Bertz CT molecular complexity index is 950. The molecule has 0 spiro atoms. The lowest BCUT2D eigenvalue weighted by molar-refractivity contribution is 0.0492. The van der Waals surface area contributed by atoms with Crippen LogP contribution in [0, 0.1) is 0 Å². The minimum atomic E-state index is 0.135. The van der Waals surface area contributed by atoms with E-state index in [4.69, 9.17) is 9.47 Å². The fourth-order valence-electron chi connectivity index (χ4n) is 4.64. The molecule has 0 heterocycles. The molecule has 0 N–H and O–H groups in total. The molecule has 3 heteroatoms. The molecule has 3 rings (SSSR count). The Kier molecular flexibility index (Phi) is 9.33. The van der Waals surface area contributed by atoms with Gasteiger partial charge in [-0.1, -0.05) is 93.1 Å². The van der Waals surface area contributed by atoms with Crippen molar-refractivity contribution in [3.63, 3.8) is 0 Å². The van der Waals surface area contributed by atoms with E-state index in [9.17, 15) is 0 Å². The second-order valence-electron chi connectivity index (χ2n) is 8.44. The van der Waals surface area contributed by atoms with E-state index in [-0.39, 0.29) is 11.9 Å². The first-order valence-electron chi connectivity index (χ1n) is 11.7. The van der Waals surface area contributed by atoms with Gasteiger partial charge in [0.25, 0.3) is 0 Å². The minimum Gasteiger partial charge on any atom is -0.467 e. The summed E-state index contributed by atoms with van der Waals surface area (Å²) < 4.78 is 11.7. The van der Waals surface area contributed by atoms with E-state index in [1.54, 1.807) is 7.11 Å². The summed E-state index contributed by atoms with van der Waals surface area (Å²) in [6.07, 6.45) is 5.22. The van der Waals surface area contributed by atoms with Crippen LogP contribution in [0.2, 0.25) is 0 Å². The lowest BCUT2D eigenvalue weighted by Gasteiger charge is -2.35. The van der Waals surface area contributed by atoms with Gasteiger partial charge in [0.05, 0.1) is 0 Å². The fraction of sp³-hybridized carbons (Fsp3) is 0.379. The van der Waals surface area contributed by atoms with Gasteiger partial charge < -0.3 is 9.47 Å². The molecule has 2 nitrogen and oxygen atoms in total. The molecule has 0 aromatic heterocycles. The summed E-state index contributed by atoms with van der Waals surface area (Å²) in [6, 6.07) is 26.2. The van der Waals surface area contributed by atoms with Crippen molar-refractivity contribution in [2.24, 2.45) is 0 Å². The third-order valence-electron chi connectivity index (χ3n) is 6.31. The Morgan fingerprint density at radius 2 is 1.44 bits per heavy atom. The lowest BCUT2D eigenvalue weighted by atomic mass is 9.85. The highest BCUT2D eigenvalue weighted by atomic mass is 31.1. The number of hydrogen-bond acceptors (Lipinski definition) is 2. The summed E-state index contributed by atoms with van der Waals surface area (Å²) in [5.74, 6) is 1.03. The first-order chi connectivity index (χ1) is 15.7. The summed E-state index contributed by atoms with van der Waals surface area (Å²) in [4.78, 5) is 0. The highest BCUT2D eigenvalue weighted by molar-refractivity contribution is 7.38. The van der Waals surface area contributed by atoms with Gasteiger partial charge in [-0.15, -0.1) is 8.58 Å². The van der Waals surface area contributed by atoms with E-state index >= 15 is 0 Å². The van der Waals surface area contributed by atoms with Crippen molar-refractivity contribution in [1.29, 1.82) is 0 Å². The second kappa shape index (κ2) is 12.2. The van der Waals surface area contributed by atoms with Crippen LogP contribution >= 0.6 is 8.58 Å². The van der Waals surface area contributed by atoms with Crippen molar-refractivity contribution in [1.82, 2.24) is 0 Å². The highest BCUT2D eigenvalue weighted by Gasteiger charge is 2.32. The highest BCUT2D eigenvalue weighted by Crippen LogP contribution is 2.51. The molecule has 0 aliphatic heterocycles. The van der Waals surface area contributed by atoms with Crippen molar-refractivity contribution < 1.29 is 9.47 Å². The molecule has 0 bridgehead atoms. The fourth-order valence-corrected chi connectivity index (χ4v) is 5.95. The zero-order chi connectivity index (χ0) is 22.8. The van der Waals surface area contributed by atoms with Gasteiger partial charge in [-0.2, -0.15) is 0 Å². The normalized spacial score (nSPS) is 13.4. The summed E-state index contributed by atoms with van der Waals surface area (Å²) >= 11 is 0. The topological polar surface area (TPSA) is 18.5 Å². The van der Waals surface area contributed by atoms with E-state index in [1.165, 1.54) is 34.2 Å². The Balaban J connectivity index is 2.17. The summed E-state index contributed by atoms with van der Waals surface area (Å²) in [6.45, 7) is 7.23. The zero-order valence-electron chi connectivity index (χ0n) is 20.0. The van der Waals surface area contributed by atoms with Crippen LogP contribution in [0.4, 0.5) is 0 Å². The van der Waals surface area contributed by atoms with Crippen LogP contribution in [-0.2, 0) is 22.7 Å². The number of hydrogen-bond donors (Lipinski definition) is 0. The van der Waals surface area contributed by atoms with Crippen LogP contribution in [0.5, 0.6) is 5.75 Å². The van der Waals surface area contributed by atoms with E-state index in [0.717, 1.165) is 40.0 Å². The van der Waals surface area contributed by atoms with Gasteiger partial charge in [0.2, 0.25) is 0 Å². The molecule has 2 atom stereocenters. The van der Waals surface area contributed by atoms with Crippen molar-refractivity contribution >= 4 is 8.58 Å². The zero-order valence-corrected chi connectivity index (χ0v) is 21.0. The molecule has 32 heavy (non-hydrogen) atoms. The van der Waals surface area contributed by atoms with Crippen LogP contribution in [-0.4, -0.2) is 20.6 Å². The second-order valence-corrected chi connectivity index (χ2v) is 9.90. The van der Waals surface area contributed by atoms with Crippen LogP contribution in [0.15, 0.2) is 72.8 Å². The van der Waals surface area contributed by atoms with Gasteiger partial charge in [0.1, 0.15) is 5.75 Å². The molecule has 0 radical (unpaired) electrons. The number of ether oxygens (including phenoxy) is 2. The Morgan fingerprint density at radius 1 is 0.812 bits per heavy atom. The van der Waals surface area contributed by atoms with Gasteiger partial charge in [-0.25, -0.2) is 0 Å². The largest absolute Gasteiger partial charge is 0.467 e. The molecule has 3 aromatic carbocycles. The molecule has 0 amide bonds. The third-order valence-corrected chi connectivity index (χ3v) is 8.14. The predicted molar refractivity (Wildman–Crippen MR) is 139 cm³/mol. The molecule has 0 saturated carbocycles. The first kappa shape index (κ1) is 24.5. The Labute approximate surface area is 196 Å². The molecule has 170 valence electrons. The van der Waals surface area contributed by atoms with Crippen LogP contribution < -0.4 is 4.74 Å². The Hall–Kier alpha value is -2.15. The molecule has 0 fully saturated rings. The van der Waals surface area contributed by atoms with Gasteiger partial charge in [0, 0.05) is 24.3 Å². The average Bonchev–Trinajstić information content (AvgIpc) is 2.83. The van der Waals surface area contributed by atoms with E-state index in [0.29, 0.717) is 0 Å². The smallest absolute Gasteiger partial charge is 0.188 e. The van der Waals surface area contributed by atoms with Gasteiger partial charge >= 0.3 is 0 Å². The van der Waals surface area contributed by atoms with Crippen molar-refractivity contribution in [3.05, 3.63) is 101 Å². The third kappa shape index (κ3) is 6.00. The average molecular weight is 449 g/mol. The van der Waals surface area contributed by atoms with Crippen molar-refractivity contribution in [3.8, 4) is 5.75 Å². The van der Waals surface area contributed by atoms with Gasteiger partial charge in [-0.3, -0.25) is 0 Å². The first-order valence-corrected chi connectivity index (χ1v) is 13.2. The SMILES string of the molecule is CCCC(CC)(PC)c1cc(Cc2ccccc2)cc(Cc2ccccc2)c1OCOC. The lowest BCUT2D eigenvalue weighted by Crippen LogP contribution is -2.22. The molecular weight excluding hydrogens is 411 g/mol. The monoisotopic (exact) mass is 448 g/mol. The number of methoxy groups -OCH3 is 1. The minimum absolute atomic E-state index is 0.135. The molecule has 0 aliphatic carbocycles.